The van der Waals surface area contributed by atoms with E-state index in [2.05, 4.69) is 24.0 Å². The fourth-order valence-electron chi connectivity index (χ4n) is 4.49. The molecule has 0 unspecified atom stereocenters. The molecule has 0 spiro atoms. The van der Waals surface area contributed by atoms with E-state index in [-0.39, 0.29) is 5.91 Å². The predicted octanol–water partition coefficient (Wildman–Crippen LogP) is 4.81. The van der Waals surface area contributed by atoms with Crippen molar-refractivity contribution in [2.75, 3.05) is 31.6 Å². The lowest BCUT2D eigenvalue weighted by molar-refractivity contribution is 0.0697. The number of pyridine rings is 1. The average Bonchev–Trinajstić information content (AvgIpc) is 3.20. The van der Waals surface area contributed by atoms with Crippen LogP contribution in [0.1, 0.15) is 35.7 Å². The molecule has 0 N–H and O–H groups in total. The molecule has 154 valence electrons. The van der Waals surface area contributed by atoms with Gasteiger partial charge in [0.15, 0.2) is 0 Å². The molecule has 2 aliphatic rings. The maximum Gasteiger partial charge on any atom is 0.253 e. The minimum Gasteiger partial charge on any atom is -0.497 e. The second kappa shape index (κ2) is 7.63. The van der Waals surface area contributed by atoms with Crippen LogP contribution in [0.25, 0.3) is 10.9 Å². The van der Waals surface area contributed by atoms with Gasteiger partial charge in [0, 0.05) is 42.3 Å². The average molecular weight is 402 g/mol. The monoisotopic (exact) mass is 401 g/mol. The molecule has 0 atom stereocenters. The number of ether oxygens (including phenoxy) is 1. The number of likely N-dealkylation sites (tertiary alicyclic amines) is 1. The highest BCUT2D eigenvalue weighted by molar-refractivity contribution is 5.95. The molecule has 30 heavy (non-hydrogen) atoms. The zero-order chi connectivity index (χ0) is 20.7. The molecule has 2 aromatic carbocycles. The molecule has 0 aliphatic carbocycles. The SMILES string of the molecule is COc1ccc2cc3c(nc2c1)N(c1ccc(C(=O)N2CCC(C)CC2)cc1)CC3. The summed E-state index contributed by atoms with van der Waals surface area (Å²) < 4.78 is 5.36. The molecule has 5 nitrogen and oxygen atoms in total. The van der Waals surface area contributed by atoms with Gasteiger partial charge in [-0.3, -0.25) is 4.79 Å². The number of benzene rings is 2. The molecule has 0 saturated carbocycles. The zero-order valence-corrected chi connectivity index (χ0v) is 17.6. The van der Waals surface area contributed by atoms with Crippen LogP contribution in [0.3, 0.4) is 0 Å². The number of carbonyl (C=O) groups is 1. The van der Waals surface area contributed by atoms with E-state index in [1.54, 1.807) is 7.11 Å². The number of fused-ring (bicyclic) bond motifs is 2. The molecule has 1 fully saturated rings. The largest absolute Gasteiger partial charge is 0.497 e. The highest BCUT2D eigenvalue weighted by Gasteiger charge is 2.24. The van der Waals surface area contributed by atoms with Gasteiger partial charge in [-0.05, 0) is 73.2 Å². The quantitative estimate of drug-likeness (QED) is 0.632. The van der Waals surface area contributed by atoms with E-state index in [0.29, 0.717) is 0 Å². The number of hydrogen-bond acceptors (Lipinski definition) is 4. The van der Waals surface area contributed by atoms with Crippen molar-refractivity contribution in [3.05, 3.63) is 59.7 Å². The molecule has 1 saturated heterocycles. The van der Waals surface area contributed by atoms with Crippen LogP contribution in [0.5, 0.6) is 5.75 Å². The van der Waals surface area contributed by atoms with Gasteiger partial charge >= 0.3 is 0 Å². The Bertz CT molecular complexity index is 1090. The second-order valence-corrected chi connectivity index (χ2v) is 8.45. The molecule has 5 rings (SSSR count). The van der Waals surface area contributed by atoms with Crippen LogP contribution in [0, 0.1) is 5.92 Å². The van der Waals surface area contributed by atoms with E-state index in [9.17, 15) is 4.79 Å². The summed E-state index contributed by atoms with van der Waals surface area (Å²) in [6.45, 7) is 4.88. The molecular weight excluding hydrogens is 374 g/mol. The van der Waals surface area contributed by atoms with Crippen molar-refractivity contribution in [2.24, 2.45) is 5.92 Å². The number of rotatable bonds is 3. The van der Waals surface area contributed by atoms with Crippen LogP contribution in [-0.4, -0.2) is 42.5 Å². The van der Waals surface area contributed by atoms with E-state index in [1.165, 1.54) is 5.56 Å². The minimum absolute atomic E-state index is 0.145. The van der Waals surface area contributed by atoms with Gasteiger partial charge in [0.2, 0.25) is 0 Å². The van der Waals surface area contributed by atoms with Crippen LogP contribution in [-0.2, 0) is 6.42 Å². The van der Waals surface area contributed by atoms with Crippen molar-refractivity contribution in [3.8, 4) is 5.75 Å². The first kappa shape index (κ1) is 18.9. The number of amides is 1. The Morgan fingerprint density at radius 2 is 1.80 bits per heavy atom. The fraction of sp³-hybridized carbons (Fsp3) is 0.360. The molecule has 1 aromatic heterocycles. The Balaban J connectivity index is 1.39. The Morgan fingerprint density at radius 1 is 1.03 bits per heavy atom. The summed E-state index contributed by atoms with van der Waals surface area (Å²) in [6, 6.07) is 16.3. The first-order valence-corrected chi connectivity index (χ1v) is 10.8. The summed E-state index contributed by atoms with van der Waals surface area (Å²) in [6.07, 6.45) is 3.16. The van der Waals surface area contributed by atoms with E-state index in [4.69, 9.17) is 9.72 Å². The number of methoxy groups -OCH3 is 1. The molecule has 1 amide bonds. The number of aromatic nitrogens is 1. The summed E-state index contributed by atoms with van der Waals surface area (Å²) >= 11 is 0. The number of hydrogen-bond donors (Lipinski definition) is 0. The van der Waals surface area contributed by atoms with Gasteiger partial charge in [0.05, 0.1) is 12.6 Å². The highest BCUT2D eigenvalue weighted by Crippen LogP contribution is 2.35. The van der Waals surface area contributed by atoms with Gasteiger partial charge in [-0.25, -0.2) is 4.98 Å². The van der Waals surface area contributed by atoms with Crippen molar-refractivity contribution in [3.63, 3.8) is 0 Å². The Morgan fingerprint density at radius 3 is 2.53 bits per heavy atom. The van der Waals surface area contributed by atoms with Crippen LogP contribution in [0.2, 0.25) is 0 Å². The lowest BCUT2D eigenvalue weighted by Gasteiger charge is -2.30. The van der Waals surface area contributed by atoms with Crippen LogP contribution < -0.4 is 9.64 Å². The van der Waals surface area contributed by atoms with E-state index in [1.807, 2.05) is 41.3 Å². The summed E-state index contributed by atoms with van der Waals surface area (Å²) in [7, 11) is 1.67. The number of piperidine rings is 1. The minimum atomic E-state index is 0.145. The number of carbonyl (C=O) groups excluding carboxylic acids is 1. The lowest BCUT2D eigenvalue weighted by Crippen LogP contribution is -2.37. The lowest BCUT2D eigenvalue weighted by atomic mass is 9.98. The van der Waals surface area contributed by atoms with Crippen LogP contribution in [0.15, 0.2) is 48.5 Å². The van der Waals surface area contributed by atoms with Crippen molar-refractivity contribution in [1.29, 1.82) is 0 Å². The molecule has 0 bridgehead atoms. The van der Waals surface area contributed by atoms with Gasteiger partial charge in [-0.1, -0.05) is 6.92 Å². The molecular formula is C25H27N3O2. The Kier molecular flexibility index (Phi) is 4.81. The Labute approximate surface area is 177 Å². The van der Waals surface area contributed by atoms with Crippen molar-refractivity contribution >= 4 is 28.3 Å². The van der Waals surface area contributed by atoms with E-state index in [0.717, 1.165) is 78.5 Å². The maximum absolute atomic E-state index is 12.8. The zero-order valence-electron chi connectivity index (χ0n) is 17.6. The van der Waals surface area contributed by atoms with Crippen molar-refractivity contribution < 1.29 is 9.53 Å². The summed E-state index contributed by atoms with van der Waals surface area (Å²) in [4.78, 5) is 22.0. The third kappa shape index (κ3) is 3.38. The summed E-state index contributed by atoms with van der Waals surface area (Å²) in [5.41, 5.74) is 4.04. The summed E-state index contributed by atoms with van der Waals surface area (Å²) in [5, 5.41) is 1.13. The van der Waals surface area contributed by atoms with Gasteiger partial charge in [0.25, 0.3) is 5.91 Å². The third-order valence-electron chi connectivity index (χ3n) is 6.44. The van der Waals surface area contributed by atoms with E-state index < -0.39 is 0 Å². The predicted molar refractivity (Wildman–Crippen MR) is 120 cm³/mol. The first-order valence-electron chi connectivity index (χ1n) is 10.8. The van der Waals surface area contributed by atoms with Crippen LogP contribution >= 0.6 is 0 Å². The molecule has 3 aromatic rings. The van der Waals surface area contributed by atoms with Crippen LogP contribution in [0.4, 0.5) is 11.5 Å². The standard InChI is InChI=1S/C25H27N3O2/c1-17-9-12-27(13-10-17)25(29)18-3-6-21(7-4-18)28-14-11-20-15-19-5-8-22(30-2)16-23(19)26-24(20)28/h3-8,15-17H,9-14H2,1-2H3. The first-order chi connectivity index (χ1) is 14.6. The third-order valence-corrected chi connectivity index (χ3v) is 6.44. The second-order valence-electron chi connectivity index (χ2n) is 8.45. The normalized spacial score (nSPS) is 16.7. The topological polar surface area (TPSA) is 45.7 Å². The molecule has 5 heteroatoms. The molecule has 0 radical (unpaired) electrons. The number of nitrogens with zero attached hydrogens (tertiary/aromatic N) is 3. The van der Waals surface area contributed by atoms with Gasteiger partial charge < -0.3 is 14.5 Å². The van der Waals surface area contributed by atoms with Gasteiger partial charge in [-0.2, -0.15) is 0 Å². The Hall–Kier alpha value is -3.08. The van der Waals surface area contributed by atoms with Crippen molar-refractivity contribution in [1.82, 2.24) is 9.88 Å². The van der Waals surface area contributed by atoms with Crippen molar-refractivity contribution in [2.45, 2.75) is 26.2 Å². The highest BCUT2D eigenvalue weighted by atomic mass is 16.5. The fourth-order valence-corrected chi connectivity index (χ4v) is 4.49. The molecule has 2 aliphatic heterocycles. The number of anilines is 2. The smallest absolute Gasteiger partial charge is 0.253 e. The maximum atomic E-state index is 12.8. The summed E-state index contributed by atoms with van der Waals surface area (Å²) in [5.74, 6) is 2.68. The van der Waals surface area contributed by atoms with Gasteiger partial charge in [-0.15, -0.1) is 0 Å². The van der Waals surface area contributed by atoms with Gasteiger partial charge in [0.1, 0.15) is 11.6 Å². The van der Waals surface area contributed by atoms with E-state index >= 15 is 0 Å². The molecule has 3 heterocycles.